The summed E-state index contributed by atoms with van der Waals surface area (Å²) in [6, 6.07) is 8.51. The van der Waals surface area contributed by atoms with Crippen molar-refractivity contribution in [2.24, 2.45) is 0 Å². The first-order valence-electron chi connectivity index (χ1n) is 8.29. The molecule has 0 aliphatic carbocycles. The van der Waals surface area contributed by atoms with Crippen LogP contribution in [0.15, 0.2) is 35.2 Å². The van der Waals surface area contributed by atoms with Crippen molar-refractivity contribution in [2.75, 3.05) is 35.0 Å². The molecular formula is C19H25NO6S. The molecule has 0 radical (unpaired) electrons. The topological polar surface area (TPSA) is 83.1 Å². The Morgan fingerprint density at radius 3 is 2.07 bits per heavy atom. The first-order valence-corrected chi connectivity index (χ1v) is 9.77. The molecule has 2 aromatic rings. The summed E-state index contributed by atoms with van der Waals surface area (Å²) in [5.74, 6) is 2.20. The Labute approximate surface area is 160 Å². The van der Waals surface area contributed by atoms with Gasteiger partial charge < -0.3 is 18.9 Å². The highest BCUT2D eigenvalue weighted by Crippen LogP contribution is 2.32. The molecule has 8 heteroatoms. The van der Waals surface area contributed by atoms with Crippen molar-refractivity contribution in [1.82, 2.24) is 4.72 Å². The number of hydrogen-bond acceptors (Lipinski definition) is 6. The van der Waals surface area contributed by atoms with Crippen LogP contribution < -0.4 is 23.7 Å². The van der Waals surface area contributed by atoms with Gasteiger partial charge in [-0.15, -0.1) is 0 Å². The minimum atomic E-state index is -3.71. The molecular weight excluding hydrogens is 370 g/mol. The van der Waals surface area contributed by atoms with Crippen molar-refractivity contribution in [3.05, 3.63) is 41.5 Å². The Balaban J connectivity index is 2.19. The van der Waals surface area contributed by atoms with Crippen molar-refractivity contribution in [1.29, 1.82) is 0 Å². The molecule has 0 bridgehead atoms. The molecule has 148 valence electrons. The lowest BCUT2D eigenvalue weighted by Crippen LogP contribution is -2.26. The highest BCUT2D eigenvalue weighted by Gasteiger charge is 2.20. The van der Waals surface area contributed by atoms with E-state index in [4.69, 9.17) is 18.9 Å². The summed E-state index contributed by atoms with van der Waals surface area (Å²) in [7, 11) is 2.41. The average Bonchev–Trinajstić information content (AvgIpc) is 2.67. The van der Waals surface area contributed by atoms with E-state index in [0.717, 1.165) is 5.56 Å². The van der Waals surface area contributed by atoms with Gasteiger partial charge in [-0.05, 0) is 48.7 Å². The lowest BCUT2D eigenvalue weighted by molar-refractivity contribution is 0.353. The standard InChI is InChI=1S/C19H25NO6S/c1-13-10-17(25-4)18(26-5)12-19(13)27(21,22)20-9-8-14-11-15(23-2)6-7-16(14)24-3/h6-7,10-12,20H,8-9H2,1-5H3. The van der Waals surface area contributed by atoms with Gasteiger partial charge in [0.1, 0.15) is 11.5 Å². The summed E-state index contributed by atoms with van der Waals surface area (Å²) in [6.45, 7) is 1.92. The van der Waals surface area contributed by atoms with E-state index in [1.165, 1.54) is 20.3 Å². The Hall–Kier alpha value is -2.45. The molecule has 27 heavy (non-hydrogen) atoms. The predicted molar refractivity (Wildman–Crippen MR) is 103 cm³/mol. The Bertz CT molecular complexity index is 895. The Morgan fingerprint density at radius 1 is 0.852 bits per heavy atom. The van der Waals surface area contributed by atoms with E-state index in [1.54, 1.807) is 39.3 Å². The molecule has 2 aromatic carbocycles. The summed E-state index contributed by atoms with van der Waals surface area (Å²) in [6.07, 6.45) is 0.450. The fourth-order valence-electron chi connectivity index (χ4n) is 2.73. The van der Waals surface area contributed by atoms with E-state index in [1.807, 2.05) is 6.07 Å². The quantitative estimate of drug-likeness (QED) is 0.703. The van der Waals surface area contributed by atoms with Gasteiger partial charge in [0.15, 0.2) is 11.5 Å². The number of nitrogens with one attached hydrogen (secondary N) is 1. The second-order valence-corrected chi connectivity index (χ2v) is 7.53. The molecule has 0 heterocycles. The molecule has 0 saturated carbocycles. The van der Waals surface area contributed by atoms with Crippen molar-refractivity contribution in [2.45, 2.75) is 18.2 Å². The summed E-state index contributed by atoms with van der Waals surface area (Å²) < 4.78 is 49.0. The fraction of sp³-hybridized carbons (Fsp3) is 0.368. The van der Waals surface area contributed by atoms with E-state index < -0.39 is 10.0 Å². The van der Waals surface area contributed by atoms with Crippen LogP contribution in [-0.4, -0.2) is 43.4 Å². The molecule has 0 aromatic heterocycles. The lowest BCUT2D eigenvalue weighted by atomic mass is 10.1. The molecule has 0 aliphatic heterocycles. The van der Waals surface area contributed by atoms with E-state index in [-0.39, 0.29) is 11.4 Å². The zero-order valence-corrected chi connectivity index (χ0v) is 17.0. The average molecular weight is 395 g/mol. The third-order valence-electron chi connectivity index (χ3n) is 4.14. The molecule has 0 atom stereocenters. The molecule has 7 nitrogen and oxygen atoms in total. The monoisotopic (exact) mass is 395 g/mol. The maximum absolute atomic E-state index is 12.7. The molecule has 0 fully saturated rings. The third kappa shape index (κ3) is 4.84. The van der Waals surface area contributed by atoms with E-state index in [0.29, 0.717) is 35.0 Å². The molecule has 1 N–H and O–H groups in total. The molecule has 0 saturated heterocycles. The van der Waals surface area contributed by atoms with Gasteiger partial charge in [-0.25, -0.2) is 13.1 Å². The first kappa shape index (κ1) is 20.9. The first-order chi connectivity index (χ1) is 12.9. The number of sulfonamides is 1. The van der Waals surface area contributed by atoms with E-state index in [2.05, 4.69) is 4.72 Å². The minimum Gasteiger partial charge on any atom is -0.497 e. The summed E-state index contributed by atoms with van der Waals surface area (Å²) in [5.41, 5.74) is 1.42. The van der Waals surface area contributed by atoms with Crippen molar-refractivity contribution >= 4 is 10.0 Å². The second kappa shape index (κ2) is 8.96. The van der Waals surface area contributed by atoms with Crippen molar-refractivity contribution < 1.29 is 27.4 Å². The number of rotatable bonds is 9. The predicted octanol–water partition coefficient (Wildman–Crippen LogP) is 2.55. The van der Waals surface area contributed by atoms with Crippen LogP contribution in [0.4, 0.5) is 0 Å². The van der Waals surface area contributed by atoms with E-state index >= 15 is 0 Å². The maximum Gasteiger partial charge on any atom is 0.240 e. The lowest BCUT2D eigenvalue weighted by Gasteiger charge is -2.14. The Kier molecular flexibility index (Phi) is 6.92. The van der Waals surface area contributed by atoms with Gasteiger partial charge in [0, 0.05) is 12.6 Å². The van der Waals surface area contributed by atoms with Crippen LogP contribution in [0.1, 0.15) is 11.1 Å². The number of benzene rings is 2. The maximum atomic E-state index is 12.7. The zero-order valence-electron chi connectivity index (χ0n) is 16.2. The molecule has 2 rings (SSSR count). The number of methoxy groups -OCH3 is 4. The minimum absolute atomic E-state index is 0.151. The van der Waals surface area contributed by atoms with Crippen LogP contribution >= 0.6 is 0 Å². The third-order valence-corrected chi connectivity index (χ3v) is 5.75. The van der Waals surface area contributed by atoms with Crippen LogP contribution in [0.5, 0.6) is 23.0 Å². The van der Waals surface area contributed by atoms with Crippen molar-refractivity contribution in [3.63, 3.8) is 0 Å². The highest BCUT2D eigenvalue weighted by atomic mass is 32.2. The summed E-state index contributed by atoms with van der Waals surface area (Å²) >= 11 is 0. The van der Waals surface area contributed by atoms with Crippen molar-refractivity contribution in [3.8, 4) is 23.0 Å². The van der Waals surface area contributed by atoms with Gasteiger partial charge in [0.05, 0.1) is 33.3 Å². The number of aryl methyl sites for hydroxylation is 1. The summed E-state index contributed by atoms with van der Waals surface area (Å²) in [5, 5.41) is 0. The normalized spacial score (nSPS) is 11.1. The smallest absolute Gasteiger partial charge is 0.240 e. The molecule has 0 amide bonds. The van der Waals surface area contributed by atoms with E-state index in [9.17, 15) is 8.42 Å². The number of ether oxygens (including phenoxy) is 4. The van der Waals surface area contributed by atoms with Gasteiger partial charge in [-0.2, -0.15) is 0 Å². The fourth-order valence-corrected chi connectivity index (χ4v) is 4.00. The zero-order chi connectivity index (χ0) is 20.0. The van der Waals surface area contributed by atoms with Crippen LogP contribution in [0.2, 0.25) is 0 Å². The molecule has 0 unspecified atom stereocenters. The van der Waals surface area contributed by atoms with Crippen LogP contribution in [0.25, 0.3) is 0 Å². The highest BCUT2D eigenvalue weighted by molar-refractivity contribution is 7.89. The van der Waals surface area contributed by atoms with Crippen LogP contribution in [-0.2, 0) is 16.4 Å². The second-order valence-electron chi connectivity index (χ2n) is 5.80. The van der Waals surface area contributed by atoms with Gasteiger partial charge >= 0.3 is 0 Å². The number of hydrogen-bond donors (Lipinski definition) is 1. The van der Waals surface area contributed by atoms with Gasteiger partial charge in [0.2, 0.25) is 10.0 Å². The van der Waals surface area contributed by atoms with Gasteiger partial charge in [-0.1, -0.05) is 0 Å². The van der Waals surface area contributed by atoms with Gasteiger partial charge in [-0.3, -0.25) is 0 Å². The largest absolute Gasteiger partial charge is 0.497 e. The SMILES string of the molecule is COc1ccc(OC)c(CCNS(=O)(=O)c2cc(OC)c(OC)cc2C)c1. The Morgan fingerprint density at radius 2 is 1.48 bits per heavy atom. The molecule has 0 spiro atoms. The summed E-state index contributed by atoms with van der Waals surface area (Å²) in [4.78, 5) is 0.151. The van der Waals surface area contributed by atoms with Gasteiger partial charge in [0.25, 0.3) is 0 Å². The molecule has 0 aliphatic rings. The van der Waals surface area contributed by atoms with Crippen LogP contribution in [0, 0.1) is 6.92 Å². The van der Waals surface area contributed by atoms with Crippen LogP contribution in [0.3, 0.4) is 0 Å².